The molecular formula is C18H23NO2. The Morgan fingerprint density at radius 2 is 1.95 bits per heavy atom. The van der Waals surface area contributed by atoms with Gasteiger partial charge in [-0.15, -0.1) is 0 Å². The summed E-state index contributed by atoms with van der Waals surface area (Å²) in [7, 11) is 0. The predicted molar refractivity (Wildman–Crippen MR) is 82.6 cm³/mol. The third-order valence-corrected chi connectivity index (χ3v) is 4.78. The van der Waals surface area contributed by atoms with Gasteiger partial charge in [-0.2, -0.15) is 0 Å². The average molecular weight is 285 g/mol. The third-order valence-electron chi connectivity index (χ3n) is 4.78. The van der Waals surface area contributed by atoms with Crippen LogP contribution >= 0.6 is 0 Å². The summed E-state index contributed by atoms with van der Waals surface area (Å²) in [5.74, 6) is 0.704. The van der Waals surface area contributed by atoms with Gasteiger partial charge in [0.05, 0.1) is 0 Å². The lowest BCUT2D eigenvalue weighted by atomic mass is 9.84. The molecule has 1 saturated carbocycles. The maximum absolute atomic E-state index is 12.5. The number of hydrogen-bond acceptors (Lipinski definition) is 2. The molecule has 1 aliphatic carbocycles. The summed E-state index contributed by atoms with van der Waals surface area (Å²) in [5, 5.41) is 2.90. The molecule has 1 fully saturated rings. The van der Waals surface area contributed by atoms with E-state index in [4.69, 9.17) is 0 Å². The topological polar surface area (TPSA) is 46.2 Å². The second-order valence-electron chi connectivity index (χ2n) is 6.36. The molecule has 3 nitrogen and oxygen atoms in total. The van der Waals surface area contributed by atoms with E-state index in [0.29, 0.717) is 23.5 Å². The van der Waals surface area contributed by atoms with Crippen LogP contribution in [0.1, 0.15) is 71.2 Å². The Bertz CT molecular complexity index is 544. The van der Waals surface area contributed by atoms with Crippen molar-refractivity contribution in [1.82, 2.24) is 5.32 Å². The molecule has 0 bridgehead atoms. The van der Waals surface area contributed by atoms with Gasteiger partial charge < -0.3 is 5.32 Å². The average Bonchev–Trinajstić information content (AvgIpc) is 2.70. The third kappa shape index (κ3) is 3.34. The van der Waals surface area contributed by atoms with Gasteiger partial charge in [-0.1, -0.05) is 44.2 Å². The first kappa shape index (κ1) is 14.3. The number of carbonyl (C=O) groups excluding carboxylic acids is 2. The van der Waals surface area contributed by atoms with Crippen LogP contribution in [0, 0.1) is 5.92 Å². The summed E-state index contributed by atoms with van der Waals surface area (Å²) < 4.78 is 0. The van der Waals surface area contributed by atoms with Crippen LogP contribution in [0.2, 0.25) is 0 Å². The zero-order valence-electron chi connectivity index (χ0n) is 12.5. The maximum atomic E-state index is 12.5. The van der Waals surface area contributed by atoms with Crippen LogP contribution in [0.25, 0.3) is 0 Å². The van der Waals surface area contributed by atoms with E-state index in [9.17, 15) is 9.59 Å². The molecule has 1 heterocycles. The fourth-order valence-corrected chi connectivity index (χ4v) is 3.53. The van der Waals surface area contributed by atoms with Gasteiger partial charge in [0.15, 0.2) is 5.78 Å². The number of amides is 1. The van der Waals surface area contributed by atoms with Gasteiger partial charge in [0.1, 0.15) is 0 Å². The summed E-state index contributed by atoms with van der Waals surface area (Å²) in [6, 6.07) is 5.68. The first-order valence-electron chi connectivity index (χ1n) is 8.18. The molecule has 0 spiro atoms. The molecule has 3 heteroatoms. The number of hydrogen-bond donors (Lipinski definition) is 1. The Balaban J connectivity index is 1.76. The van der Waals surface area contributed by atoms with E-state index in [1.54, 1.807) is 6.07 Å². The van der Waals surface area contributed by atoms with Gasteiger partial charge in [0.2, 0.25) is 0 Å². The van der Waals surface area contributed by atoms with Gasteiger partial charge in [-0.3, -0.25) is 9.59 Å². The van der Waals surface area contributed by atoms with Crippen LogP contribution in [0.5, 0.6) is 0 Å². The molecule has 0 radical (unpaired) electrons. The van der Waals surface area contributed by atoms with E-state index in [1.807, 2.05) is 12.1 Å². The first-order valence-corrected chi connectivity index (χ1v) is 8.18. The molecule has 0 aromatic heterocycles. The van der Waals surface area contributed by atoms with Crippen molar-refractivity contribution in [3.05, 3.63) is 34.9 Å². The SMILES string of the molecule is O=C(CC1CCCCC1)c1ccc2c(c1)C(=O)NCCC2. The van der Waals surface area contributed by atoms with Crippen LogP contribution in [0.15, 0.2) is 18.2 Å². The first-order chi connectivity index (χ1) is 10.2. The Morgan fingerprint density at radius 3 is 2.76 bits per heavy atom. The minimum atomic E-state index is -0.0326. The van der Waals surface area contributed by atoms with E-state index in [1.165, 1.54) is 32.1 Å². The zero-order valence-corrected chi connectivity index (χ0v) is 12.5. The highest BCUT2D eigenvalue weighted by Crippen LogP contribution is 2.28. The molecule has 0 atom stereocenters. The molecule has 0 unspecified atom stereocenters. The number of rotatable bonds is 3. The van der Waals surface area contributed by atoms with Gasteiger partial charge >= 0.3 is 0 Å². The molecule has 1 aliphatic heterocycles. The van der Waals surface area contributed by atoms with Crippen LogP contribution in [0.4, 0.5) is 0 Å². The van der Waals surface area contributed by atoms with Crippen molar-refractivity contribution in [2.75, 3.05) is 6.54 Å². The highest BCUT2D eigenvalue weighted by molar-refractivity contribution is 6.01. The number of carbonyl (C=O) groups is 2. The zero-order chi connectivity index (χ0) is 14.7. The number of ketones is 1. The lowest BCUT2D eigenvalue weighted by molar-refractivity contribution is 0.0950. The van der Waals surface area contributed by atoms with Crippen molar-refractivity contribution in [3.63, 3.8) is 0 Å². The van der Waals surface area contributed by atoms with Gasteiger partial charge in [0, 0.05) is 24.1 Å². The minimum absolute atomic E-state index is 0.0326. The lowest BCUT2D eigenvalue weighted by Gasteiger charge is -2.20. The molecule has 1 amide bonds. The van der Waals surface area contributed by atoms with E-state index in [-0.39, 0.29) is 11.7 Å². The van der Waals surface area contributed by atoms with Crippen molar-refractivity contribution in [2.24, 2.45) is 5.92 Å². The molecule has 1 aromatic carbocycles. The molecule has 3 rings (SSSR count). The minimum Gasteiger partial charge on any atom is -0.352 e. The summed E-state index contributed by atoms with van der Waals surface area (Å²) >= 11 is 0. The van der Waals surface area contributed by atoms with Crippen molar-refractivity contribution in [1.29, 1.82) is 0 Å². The molecule has 1 aromatic rings. The number of Topliss-reactive ketones (excluding diaryl/α,β-unsaturated/α-hetero) is 1. The van der Waals surface area contributed by atoms with E-state index in [0.717, 1.165) is 24.9 Å². The fraction of sp³-hybridized carbons (Fsp3) is 0.556. The standard InChI is InChI=1S/C18H23NO2/c20-17(11-13-5-2-1-3-6-13)15-9-8-14-7-4-10-19-18(21)16(14)12-15/h8-9,12-13H,1-7,10-11H2,(H,19,21). The molecule has 1 N–H and O–H groups in total. The van der Waals surface area contributed by atoms with Crippen molar-refractivity contribution in [3.8, 4) is 0 Å². The Hall–Kier alpha value is -1.64. The number of nitrogens with one attached hydrogen (secondary N) is 1. The van der Waals surface area contributed by atoms with Gasteiger partial charge in [0.25, 0.3) is 5.91 Å². The van der Waals surface area contributed by atoms with E-state index >= 15 is 0 Å². The quantitative estimate of drug-likeness (QED) is 0.864. The van der Waals surface area contributed by atoms with Gasteiger partial charge in [-0.25, -0.2) is 0 Å². The highest BCUT2D eigenvalue weighted by Gasteiger charge is 2.20. The maximum Gasteiger partial charge on any atom is 0.251 e. The van der Waals surface area contributed by atoms with Crippen LogP contribution in [-0.2, 0) is 6.42 Å². The van der Waals surface area contributed by atoms with Crippen LogP contribution in [0.3, 0.4) is 0 Å². The summed E-state index contributed by atoms with van der Waals surface area (Å²) in [6.45, 7) is 0.721. The van der Waals surface area contributed by atoms with E-state index in [2.05, 4.69) is 5.32 Å². The lowest BCUT2D eigenvalue weighted by Crippen LogP contribution is -2.23. The van der Waals surface area contributed by atoms with Crippen molar-refractivity contribution < 1.29 is 9.59 Å². The van der Waals surface area contributed by atoms with Gasteiger partial charge in [-0.05, 0) is 30.4 Å². The predicted octanol–water partition coefficient (Wildman–Crippen LogP) is 3.52. The smallest absolute Gasteiger partial charge is 0.251 e. The number of benzene rings is 1. The summed E-state index contributed by atoms with van der Waals surface area (Å²) in [6.07, 6.45) is 8.69. The molecular weight excluding hydrogens is 262 g/mol. The normalized spacial score (nSPS) is 19.5. The molecule has 0 saturated heterocycles. The van der Waals surface area contributed by atoms with E-state index < -0.39 is 0 Å². The molecule has 21 heavy (non-hydrogen) atoms. The largest absolute Gasteiger partial charge is 0.352 e. The highest BCUT2D eigenvalue weighted by atomic mass is 16.1. The number of aryl methyl sites for hydroxylation is 1. The second kappa shape index (κ2) is 6.42. The number of fused-ring (bicyclic) bond motifs is 1. The summed E-state index contributed by atoms with van der Waals surface area (Å²) in [5.41, 5.74) is 2.47. The molecule has 112 valence electrons. The van der Waals surface area contributed by atoms with Crippen LogP contribution < -0.4 is 5.32 Å². The molecule has 2 aliphatic rings. The van der Waals surface area contributed by atoms with Crippen molar-refractivity contribution in [2.45, 2.75) is 51.4 Å². The summed E-state index contributed by atoms with van der Waals surface area (Å²) in [4.78, 5) is 24.5. The fourth-order valence-electron chi connectivity index (χ4n) is 3.53. The van der Waals surface area contributed by atoms with Crippen LogP contribution in [-0.4, -0.2) is 18.2 Å². The Labute approximate surface area is 126 Å². The monoisotopic (exact) mass is 285 g/mol. The second-order valence-corrected chi connectivity index (χ2v) is 6.36. The Morgan fingerprint density at radius 1 is 1.14 bits per heavy atom. The van der Waals surface area contributed by atoms with Crippen molar-refractivity contribution >= 4 is 11.7 Å². The Kier molecular flexibility index (Phi) is 4.37.